The van der Waals surface area contributed by atoms with E-state index in [0.717, 1.165) is 42.7 Å². The number of fused-ring (bicyclic) bond motifs is 2. The molecule has 1 N–H and O–H groups in total. The SMILES string of the molecule is O=C1NCCCc2ccc(C(Br)C3C4CCCCC43)cc21. The Hall–Kier alpha value is -0.830. The molecule has 1 aromatic rings. The maximum atomic E-state index is 12.2. The second-order valence-electron chi connectivity index (χ2n) is 6.87. The standard InChI is InChI=1S/C18H22BrNO/c19-17(16-13-5-1-2-6-14(13)16)12-8-7-11-4-3-9-20-18(21)15(11)10-12/h7-8,10,13-14,16-17H,1-6,9H2,(H,20,21). The van der Waals surface area contributed by atoms with Gasteiger partial charge in [0.1, 0.15) is 0 Å². The number of alkyl halides is 1. The molecule has 3 heteroatoms. The minimum atomic E-state index is 0.109. The van der Waals surface area contributed by atoms with Crippen LogP contribution in [0.4, 0.5) is 0 Å². The zero-order valence-electron chi connectivity index (χ0n) is 12.3. The third kappa shape index (κ3) is 2.44. The quantitative estimate of drug-likeness (QED) is 0.796. The summed E-state index contributed by atoms with van der Waals surface area (Å²) in [7, 11) is 0. The highest BCUT2D eigenvalue weighted by Crippen LogP contribution is 2.62. The molecule has 3 aliphatic rings. The van der Waals surface area contributed by atoms with E-state index >= 15 is 0 Å². The van der Waals surface area contributed by atoms with Crippen molar-refractivity contribution in [1.29, 1.82) is 0 Å². The summed E-state index contributed by atoms with van der Waals surface area (Å²) in [5.41, 5.74) is 3.41. The summed E-state index contributed by atoms with van der Waals surface area (Å²) >= 11 is 3.94. The normalized spacial score (nSPS) is 32.4. The van der Waals surface area contributed by atoms with Crippen LogP contribution in [-0.2, 0) is 6.42 Å². The average molecular weight is 348 g/mol. The number of nitrogens with one attached hydrogen (secondary N) is 1. The van der Waals surface area contributed by atoms with E-state index in [1.807, 2.05) is 0 Å². The molecule has 1 amide bonds. The number of rotatable bonds is 2. The molecule has 0 aromatic heterocycles. The first kappa shape index (κ1) is 13.8. The monoisotopic (exact) mass is 347 g/mol. The van der Waals surface area contributed by atoms with Crippen molar-refractivity contribution in [2.24, 2.45) is 17.8 Å². The molecule has 3 atom stereocenters. The zero-order valence-corrected chi connectivity index (χ0v) is 13.9. The summed E-state index contributed by atoms with van der Waals surface area (Å²) < 4.78 is 0. The fourth-order valence-electron chi connectivity index (χ4n) is 4.48. The predicted octanol–water partition coefficient (Wildman–Crippen LogP) is 4.23. The Bertz CT molecular complexity index is 558. The first-order chi connectivity index (χ1) is 10.3. The van der Waals surface area contributed by atoms with Crippen molar-refractivity contribution in [3.8, 4) is 0 Å². The van der Waals surface area contributed by atoms with E-state index in [9.17, 15) is 4.79 Å². The molecule has 1 heterocycles. The fraction of sp³-hybridized carbons (Fsp3) is 0.611. The lowest BCUT2D eigenvalue weighted by atomic mass is 9.97. The highest BCUT2D eigenvalue weighted by atomic mass is 79.9. The molecule has 0 bridgehead atoms. The molecule has 2 saturated carbocycles. The Balaban J connectivity index is 1.59. The Morgan fingerprint density at radius 2 is 1.90 bits per heavy atom. The summed E-state index contributed by atoms with van der Waals surface area (Å²) in [5, 5.41) is 3.01. The molecule has 3 unspecified atom stereocenters. The molecule has 2 aliphatic carbocycles. The van der Waals surface area contributed by atoms with Gasteiger partial charge in [0.25, 0.3) is 5.91 Å². The number of amides is 1. The Morgan fingerprint density at radius 1 is 1.14 bits per heavy atom. The van der Waals surface area contributed by atoms with Crippen molar-refractivity contribution >= 4 is 21.8 Å². The van der Waals surface area contributed by atoms with E-state index in [1.54, 1.807) is 0 Å². The van der Waals surface area contributed by atoms with Crippen LogP contribution in [0.2, 0.25) is 0 Å². The Morgan fingerprint density at radius 3 is 2.67 bits per heavy atom. The van der Waals surface area contributed by atoms with Crippen LogP contribution in [-0.4, -0.2) is 12.5 Å². The van der Waals surface area contributed by atoms with Gasteiger partial charge in [0, 0.05) is 16.9 Å². The molecular formula is C18H22BrNO. The molecule has 2 fully saturated rings. The van der Waals surface area contributed by atoms with Crippen molar-refractivity contribution in [1.82, 2.24) is 5.32 Å². The van der Waals surface area contributed by atoms with Gasteiger partial charge in [-0.3, -0.25) is 4.79 Å². The van der Waals surface area contributed by atoms with Gasteiger partial charge >= 0.3 is 0 Å². The van der Waals surface area contributed by atoms with E-state index in [1.165, 1.54) is 36.8 Å². The largest absolute Gasteiger partial charge is 0.352 e. The Kier molecular flexibility index (Phi) is 3.56. The van der Waals surface area contributed by atoms with Gasteiger partial charge in [-0.1, -0.05) is 40.9 Å². The van der Waals surface area contributed by atoms with Gasteiger partial charge in [-0.25, -0.2) is 0 Å². The number of carbonyl (C=O) groups is 1. The topological polar surface area (TPSA) is 29.1 Å². The van der Waals surface area contributed by atoms with Crippen LogP contribution in [0.1, 0.15) is 58.4 Å². The first-order valence-corrected chi connectivity index (χ1v) is 9.22. The number of halogens is 1. The van der Waals surface area contributed by atoms with Gasteiger partial charge < -0.3 is 5.32 Å². The predicted molar refractivity (Wildman–Crippen MR) is 87.7 cm³/mol. The van der Waals surface area contributed by atoms with Crippen LogP contribution in [0.25, 0.3) is 0 Å². The van der Waals surface area contributed by atoms with E-state index in [-0.39, 0.29) is 5.91 Å². The first-order valence-electron chi connectivity index (χ1n) is 8.31. The van der Waals surface area contributed by atoms with Gasteiger partial charge in [0.05, 0.1) is 0 Å². The van der Waals surface area contributed by atoms with E-state index in [0.29, 0.717) is 4.83 Å². The third-order valence-corrected chi connectivity index (χ3v) is 6.81. The van der Waals surface area contributed by atoms with Crippen LogP contribution in [0, 0.1) is 17.8 Å². The van der Waals surface area contributed by atoms with Crippen molar-refractivity contribution in [2.45, 2.75) is 43.4 Å². The highest BCUT2D eigenvalue weighted by Gasteiger charge is 2.53. The average Bonchev–Trinajstić information content (AvgIpc) is 3.27. The van der Waals surface area contributed by atoms with E-state index < -0.39 is 0 Å². The Labute approximate surface area is 134 Å². The number of hydrogen-bond acceptors (Lipinski definition) is 1. The number of carbonyl (C=O) groups excluding carboxylic acids is 1. The van der Waals surface area contributed by atoms with Gasteiger partial charge in [0.15, 0.2) is 0 Å². The highest BCUT2D eigenvalue weighted by molar-refractivity contribution is 9.09. The van der Waals surface area contributed by atoms with Crippen molar-refractivity contribution in [3.05, 3.63) is 34.9 Å². The summed E-state index contributed by atoms with van der Waals surface area (Å²) in [5.74, 6) is 2.75. The molecule has 0 saturated heterocycles. The smallest absolute Gasteiger partial charge is 0.251 e. The zero-order chi connectivity index (χ0) is 14.4. The van der Waals surface area contributed by atoms with Crippen LogP contribution in [0.5, 0.6) is 0 Å². The van der Waals surface area contributed by atoms with Gasteiger partial charge in [0.2, 0.25) is 0 Å². The summed E-state index contributed by atoms with van der Waals surface area (Å²) in [4.78, 5) is 12.6. The molecule has 1 aromatic carbocycles. The second-order valence-corrected chi connectivity index (χ2v) is 7.85. The molecule has 4 rings (SSSR count). The van der Waals surface area contributed by atoms with Crippen LogP contribution in [0.15, 0.2) is 18.2 Å². The van der Waals surface area contributed by atoms with Crippen LogP contribution in [0.3, 0.4) is 0 Å². The van der Waals surface area contributed by atoms with Crippen LogP contribution >= 0.6 is 15.9 Å². The number of aryl methyl sites for hydroxylation is 1. The molecule has 1 aliphatic heterocycles. The lowest BCUT2D eigenvalue weighted by Gasteiger charge is -2.13. The molecular weight excluding hydrogens is 326 g/mol. The lowest BCUT2D eigenvalue weighted by Crippen LogP contribution is -2.22. The van der Waals surface area contributed by atoms with Gasteiger partial charge in [-0.2, -0.15) is 0 Å². The lowest BCUT2D eigenvalue weighted by molar-refractivity contribution is 0.0956. The molecule has 2 nitrogen and oxygen atoms in total. The summed E-state index contributed by atoms with van der Waals surface area (Å²) in [6.45, 7) is 0.799. The minimum absolute atomic E-state index is 0.109. The summed E-state index contributed by atoms with van der Waals surface area (Å²) in [6, 6.07) is 6.55. The molecule has 0 radical (unpaired) electrons. The fourth-order valence-corrected chi connectivity index (χ4v) is 5.54. The van der Waals surface area contributed by atoms with Crippen LogP contribution < -0.4 is 5.32 Å². The van der Waals surface area contributed by atoms with Crippen molar-refractivity contribution in [3.63, 3.8) is 0 Å². The van der Waals surface area contributed by atoms with E-state index in [4.69, 9.17) is 0 Å². The number of benzene rings is 1. The maximum absolute atomic E-state index is 12.2. The maximum Gasteiger partial charge on any atom is 0.251 e. The van der Waals surface area contributed by atoms with Crippen molar-refractivity contribution < 1.29 is 4.79 Å². The summed E-state index contributed by atoms with van der Waals surface area (Å²) in [6.07, 6.45) is 7.68. The number of hydrogen-bond donors (Lipinski definition) is 1. The second kappa shape index (κ2) is 5.42. The molecule has 21 heavy (non-hydrogen) atoms. The van der Waals surface area contributed by atoms with Gasteiger partial charge in [-0.15, -0.1) is 0 Å². The minimum Gasteiger partial charge on any atom is -0.352 e. The van der Waals surface area contributed by atoms with Gasteiger partial charge in [-0.05, 0) is 60.6 Å². The van der Waals surface area contributed by atoms with Crippen molar-refractivity contribution in [2.75, 3.05) is 6.54 Å². The molecule has 0 spiro atoms. The third-order valence-electron chi connectivity index (χ3n) is 5.67. The molecule has 112 valence electrons. The van der Waals surface area contributed by atoms with E-state index in [2.05, 4.69) is 39.4 Å².